The van der Waals surface area contributed by atoms with E-state index in [1.807, 2.05) is 0 Å². The van der Waals surface area contributed by atoms with Crippen molar-refractivity contribution in [3.63, 3.8) is 0 Å². The highest BCUT2D eigenvalue weighted by molar-refractivity contribution is 7.90. The van der Waals surface area contributed by atoms with Crippen LogP contribution in [0.5, 0.6) is 0 Å². The van der Waals surface area contributed by atoms with Crippen LogP contribution < -0.4 is 5.32 Å². The monoisotopic (exact) mass is 313 g/mol. The van der Waals surface area contributed by atoms with Gasteiger partial charge in [0.25, 0.3) is 5.91 Å². The first-order valence-corrected chi connectivity index (χ1v) is 9.69. The third kappa shape index (κ3) is 2.63. The molecule has 3 rings (SSSR count). The van der Waals surface area contributed by atoms with Crippen molar-refractivity contribution < 1.29 is 13.2 Å². The van der Waals surface area contributed by atoms with Gasteiger partial charge in [0.2, 0.25) is 0 Å². The molecule has 0 aromatic carbocycles. The summed E-state index contributed by atoms with van der Waals surface area (Å²) in [6.45, 7) is 2.14. The van der Waals surface area contributed by atoms with E-state index in [0.717, 1.165) is 6.26 Å². The second-order valence-corrected chi connectivity index (χ2v) is 9.13. The van der Waals surface area contributed by atoms with Crippen molar-refractivity contribution in [1.29, 1.82) is 0 Å². The molecule has 0 atom stereocenters. The predicted octanol–water partition coefficient (Wildman–Crippen LogP) is 2.46. The number of hydrogen-bond acceptors (Lipinski definition) is 4. The second-order valence-electron chi connectivity index (χ2n) is 6.20. The van der Waals surface area contributed by atoms with E-state index in [-0.39, 0.29) is 16.3 Å². The molecule has 2 saturated carbocycles. The molecule has 1 heterocycles. The van der Waals surface area contributed by atoms with E-state index in [0.29, 0.717) is 16.7 Å². The van der Waals surface area contributed by atoms with Crippen LogP contribution in [0.3, 0.4) is 0 Å². The number of amides is 1. The summed E-state index contributed by atoms with van der Waals surface area (Å²) >= 11 is 1.20. The van der Waals surface area contributed by atoms with E-state index in [9.17, 15) is 13.2 Å². The zero-order valence-corrected chi connectivity index (χ0v) is 13.3. The van der Waals surface area contributed by atoms with Crippen LogP contribution in [0, 0.1) is 11.8 Å². The largest absolute Gasteiger partial charge is 0.346 e. The van der Waals surface area contributed by atoms with Crippen LogP contribution in [0.15, 0.2) is 16.3 Å². The molecule has 0 radical (unpaired) electrons. The Labute approximate surface area is 123 Å². The number of sulfone groups is 1. The number of nitrogens with one attached hydrogen (secondary N) is 1. The summed E-state index contributed by atoms with van der Waals surface area (Å²) in [6.07, 6.45) is 5.91. The fourth-order valence-electron chi connectivity index (χ4n) is 2.84. The van der Waals surface area contributed by atoms with Gasteiger partial charge in [0.05, 0.1) is 9.77 Å². The molecule has 0 saturated heterocycles. The van der Waals surface area contributed by atoms with Gasteiger partial charge in [0.15, 0.2) is 9.84 Å². The fourth-order valence-corrected chi connectivity index (χ4v) is 4.76. The molecule has 0 bridgehead atoms. The van der Waals surface area contributed by atoms with Gasteiger partial charge in [-0.1, -0.05) is 0 Å². The summed E-state index contributed by atoms with van der Waals surface area (Å²) in [5, 5.41) is 4.71. The zero-order valence-electron chi connectivity index (χ0n) is 11.7. The summed E-state index contributed by atoms with van der Waals surface area (Å²) in [7, 11) is -3.24. The minimum absolute atomic E-state index is 0.105. The number of thiophene rings is 1. The fraction of sp³-hybridized carbons (Fsp3) is 0.643. The molecular weight excluding hydrogens is 294 g/mol. The van der Waals surface area contributed by atoms with Crippen molar-refractivity contribution in [3.8, 4) is 0 Å². The maximum Gasteiger partial charge on any atom is 0.261 e. The van der Waals surface area contributed by atoms with E-state index in [1.165, 1.54) is 48.5 Å². The molecule has 1 aromatic rings. The Morgan fingerprint density at radius 3 is 2.25 bits per heavy atom. The molecule has 0 unspecified atom stereocenters. The molecule has 20 heavy (non-hydrogen) atoms. The van der Waals surface area contributed by atoms with Crippen LogP contribution in [0.4, 0.5) is 0 Å². The van der Waals surface area contributed by atoms with Crippen molar-refractivity contribution in [2.75, 3.05) is 6.26 Å². The lowest BCUT2D eigenvalue weighted by Gasteiger charge is -2.31. The predicted molar refractivity (Wildman–Crippen MR) is 78.7 cm³/mol. The van der Waals surface area contributed by atoms with E-state index >= 15 is 0 Å². The molecule has 110 valence electrons. The van der Waals surface area contributed by atoms with Crippen LogP contribution in [0.1, 0.15) is 42.3 Å². The molecular formula is C14H19NO3S2. The summed E-state index contributed by atoms with van der Waals surface area (Å²) < 4.78 is 22.9. The Kier molecular flexibility index (Phi) is 3.21. The Bertz CT molecular complexity index is 627. The van der Waals surface area contributed by atoms with E-state index in [1.54, 1.807) is 0 Å². The summed E-state index contributed by atoms with van der Waals surface area (Å²) in [4.78, 5) is 13.1. The average molecular weight is 313 g/mol. The lowest BCUT2D eigenvalue weighted by atomic mass is 9.89. The van der Waals surface area contributed by atoms with Crippen molar-refractivity contribution in [2.45, 2.75) is 43.0 Å². The Morgan fingerprint density at radius 1 is 1.30 bits per heavy atom. The summed E-state index contributed by atoms with van der Waals surface area (Å²) in [5.41, 5.74) is -0.105. The number of carbonyl (C=O) groups is 1. The van der Waals surface area contributed by atoms with Crippen LogP contribution >= 0.6 is 11.3 Å². The molecule has 2 fully saturated rings. The normalized spacial score (nSPS) is 19.9. The molecule has 1 aromatic heterocycles. The van der Waals surface area contributed by atoms with Crippen molar-refractivity contribution in [1.82, 2.24) is 5.32 Å². The van der Waals surface area contributed by atoms with Gasteiger partial charge >= 0.3 is 0 Å². The third-order valence-corrected chi connectivity index (χ3v) is 6.63. The van der Waals surface area contributed by atoms with E-state index in [4.69, 9.17) is 0 Å². The number of hydrogen-bond donors (Lipinski definition) is 1. The molecule has 1 N–H and O–H groups in total. The van der Waals surface area contributed by atoms with Crippen molar-refractivity contribution >= 4 is 27.1 Å². The van der Waals surface area contributed by atoms with E-state index in [2.05, 4.69) is 12.2 Å². The van der Waals surface area contributed by atoms with Gasteiger partial charge in [-0.15, -0.1) is 11.3 Å². The summed E-state index contributed by atoms with van der Waals surface area (Å²) in [5.74, 6) is 1.05. The van der Waals surface area contributed by atoms with Gasteiger partial charge in [-0.05, 0) is 50.5 Å². The minimum atomic E-state index is -3.24. The first-order valence-electron chi connectivity index (χ1n) is 6.92. The lowest BCUT2D eigenvalue weighted by Crippen LogP contribution is -2.49. The quantitative estimate of drug-likeness (QED) is 0.908. The average Bonchev–Trinajstić information content (AvgIpc) is 3.23. The van der Waals surface area contributed by atoms with Gasteiger partial charge in [-0.25, -0.2) is 8.42 Å². The van der Waals surface area contributed by atoms with Gasteiger partial charge < -0.3 is 5.32 Å². The molecule has 0 aliphatic heterocycles. The van der Waals surface area contributed by atoms with Crippen LogP contribution in [-0.2, 0) is 9.84 Å². The van der Waals surface area contributed by atoms with Gasteiger partial charge in [0, 0.05) is 17.2 Å². The highest BCUT2D eigenvalue weighted by Crippen LogP contribution is 2.51. The first-order chi connectivity index (χ1) is 9.30. The van der Waals surface area contributed by atoms with Crippen LogP contribution in [-0.4, -0.2) is 26.1 Å². The maximum atomic E-state index is 12.4. The standard InChI is InChI=1S/C14H19NO3S2/c1-14(9-3-4-9,10-5-6-10)15-13(16)12-7-11(8-19-12)20(2,17)18/h7-10H,3-6H2,1-2H3,(H,15,16). The molecule has 0 spiro atoms. The Hall–Kier alpha value is -0.880. The topological polar surface area (TPSA) is 63.2 Å². The maximum absolute atomic E-state index is 12.4. The van der Waals surface area contributed by atoms with Crippen LogP contribution in [0.25, 0.3) is 0 Å². The Balaban J connectivity index is 1.77. The highest BCUT2D eigenvalue weighted by Gasteiger charge is 2.51. The summed E-state index contributed by atoms with van der Waals surface area (Å²) in [6, 6.07) is 1.48. The third-order valence-electron chi connectivity index (χ3n) is 4.46. The molecule has 4 nitrogen and oxygen atoms in total. The van der Waals surface area contributed by atoms with Gasteiger partial charge in [-0.3, -0.25) is 4.79 Å². The molecule has 2 aliphatic carbocycles. The number of carbonyl (C=O) groups excluding carboxylic acids is 1. The number of rotatable bonds is 5. The van der Waals surface area contributed by atoms with Gasteiger partial charge in [-0.2, -0.15) is 0 Å². The lowest BCUT2D eigenvalue weighted by molar-refractivity contribution is 0.0883. The Morgan fingerprint density at radius 2 is 1.85 bits per heavy atom. The van der Waals surface area contributed by atoms with Gasteiger partial charge in [0.1, 0.15) is 0 Å². The molecule has 6 heteroatoms. The zero-order chi connectivity index (χ0) is 14.5. The van der Waals surface area contributed by atoms with E-state index < -0.39 is 9.84 Å². The highest BCUT2D eigenvalue weighted by atomic mass is 32.2. The minimum Gasteiger partial charge on any atom is -0.346 e. The first kappa shape index (κ1) is 14.1. The van der Waals surface area contributed by atoms with Crippen molar-refractivity contribution in [3.05, 3.63) is 16.3 Å². The van der Waals surface area contributed by atoms with Crippen molar-refractivity contribution in [2.24, 2.45) is 11.8 Å². The SMILES string of the molecule is CC(NC(=O)c1cc(S(C)(=O)=O)cs1)(C1CC1)C1CC1. The molecule has 2 aliphatic rings. The smallest absolute Gasteiger partial charge is 0.261 e. The molecule has 1 amide bonds. The second kappa shape index (κ2) is 4.56. The van der Waals surface area contributed by atoms with Crippen LogP contribution in [0.2, 0.25) is 0 Å².